The first-order valence-corrected chi connectivity index (χ1v) is 9.17. The van der Waals surface area contributed by atoms with Crippen LogP contribution >= 0.6 is 11.3 Å². The first-order valence-electron chi connectivity index (χ1n) is 8.29. The quantitative estimate of drug-likeness (QED) is 0.344. The molecule has 0 amide bonds. The third-order valence-corrected chi connectivity index (χ3v) is 4.57. The molecule has 0 atom stereocenters. The second kappa shape index (κ2) is 9.41. The molecule has 1 heterocycles. The number of thiophene rings is 1. The maximum absolute atomic E-state index is 2.14. The minimum absolute atomic E-state index is 1.23. The molecular formula is C24H20S. The van der Waals surface area contributed by atoms with Gasteiger partial charge in [-0.2, -0.15) is 0 Å². The number of hydrogen-bond acceptors (Lipinski definition) is 1. The molecule has 0 saturated heterocycles. The summed E-state index contributed by atoms with van der Waals surface area (Å²) in [6.07, 6.45) is 4.24. The van der Waals surface area contributed by atoms with Crippen LogP contribution in [0, 0.1) is 0 Å². The molecule has 0 spiro atoms. The standard InChI is InChI=1S/C14H12.C10H8S/c1-3-7-13(8-4-1)11-12-14-9-5-2-6-10-14;1-2-5-9(6-3-1)10-7-4-8-11-10/h1-12H;1-8H. The molecule has 0 aliphatic rings. The topological polar surface area (TPSA) is 0 Å². The SMILES string of the molecule is C(=Cc1ccccc1)c1ccccc1.c1ccc(-c2cccs2)cc1. The molecule has 0 bridgehead atoms. The van der Waals surface area contributed by atoms with Crippen molar-refractivity contribution in [1.82, 2.24) is 0 Å². The van der Waals surface area contributed by atoms with Gasteiger partial charge in [0.05, 0.1) is 0 Å². The third kappa shape index (κ3) is 5.59. The minimum Gasteiger partial charge on any atom is -0.144 e. The fourth-order valence-corrected chi connectivity index (χ4v) is 3.10. The summed E-state index contributed by atoms with van der Waals surface area (Å²) in [6, 6.07) is 35.3. The van der Waals surface area contributed by atoms with E-state index in [2.05, 4.69) is 78.2 Å². The largest absolute Gasteiger partial charge is 0.144 e. The van der Waals surface area contributed by atoms with E-state index in [0.717, 1.165) is 0 Å². The highest BCUT2D eigenvalue weighted by atomic mass is 32.1. The van der Waals surface area contributed by atoms with E-state index in [1.807, 2.05) is 42.5 Å². The van der Waals surface area contributed by atoms with Crippen molar-refractivity contribution in [2.24, 2.45) is 0 Å². The predicted molar refractivity (Wildman–Crippen MR) is 112 cm³/mol. The lowest BCUT2D eigenvalue weighted by molar-refractivity contribution is 1.65. The van der Waals surface area contributed by atoms with Gasteiger partial charge in [-0.05, 0) is 28.1 Å². The lowest BCUT2D eigenvalue weighted by Crippen LogP contribution is -1.70. The summed E-state index contributed by atoms with van der Waals surface area (Å²) in [5.41, 5.74) is 3.77. The van der Waals surface area contributed by atoms with E-state index in [9.17, 15) is 0 Å². The molecular weight excluding hydrogens is 320 g/mol. The highest BCUT2D eigenvalue weighted by Gasteiger charge is 1.94. The molecule has 0 nitrogen and oxygen atoms in total. The van der Waals surface area contributed by atoms with Gasteiger partial charge in [0, 0.05) is 4.88 Å². The van der Waals surface area contributed by atoms with Crippen molar-refractivity contribution in [3.63, 3.8) is 0 Å². The van der Waals surface area contributed by atoms with E-state index in [4.69, 9.17) is 0 Å². The number of hydrogen-bond donors (Lipinski definition) is 0. The van der Waals surface area contributed by atoms with Crippen LogP contribution in [0.2, 0.25) is 0 Å². The summed E-state index contributed by atoms with van der Waals surface area (Å²) in [5, 5.41) is 2.10. The molecule has 0 unspecified atom stereocenters. The van der Waals surface area contributed by atoms with E-state index < -0.39 is 0 Å². The highest BCUT2D eigenvalue weighted by molar-refractivity contribution is 7.13. The molecule has 1 heteroatoms. The van der Waals surface area contributed by atoms with E-state index >= 15 is 0 Å². The van der Waals surface area contributed by atoms with Gasteiger partial charge in [-0.1, -0.05) is 109 Å². The normalized spacial score (nSPS) is 10.2. The third-order valence-electron chi connectivity index (χ3n) is 3.65. The highest BCUT2D eigenvalue weighted by Crippen LogP contribution is 2.23. The summed E-state index contributed by atoms with van der Waals surface area (Å²) < 4.78 is 0. The Balaban J connectivity index is 0.000000150. The van der Waals surface area contributed by atoms with Crippen LogP contribution in [0.3, 0.4) is 0 Å². The lowest BCUT2D eigenvalue weighted by Gasteiger charge is -1.93. The van der Waals surface area contributed by atoms with Gasteiger partial charge < -0.3 is 0 Å². The average molecular weight is 340 g/mol. The van der Waals surface area contributed by atoms with Gasteiger partial charge in [0.25, 0.3) is 0 Å². The van der Waals surface area contributed by atoms with Gasteiger partial charge in [-0.3, -0.25) is 0 Å². The van der Waals surface area contributed by atoms with Crippen LogP contribution in [0.5, 0.6) is 0 Å². The fraction of sp³-hybridized carbons (Fsp3) is 0. The van der Waals surface area contributed by atoms with Crippen LogP contribution < -0.4 is 0 Å². The Morgan fingerprint density at radius 1 is 0.480 bits per heavy atom. The van der Waals surface area contributed by atoms with Gasteiger partial charge in [0.1, 0.15) is 0 Å². The maximum atomic E-state index is 2.14. The van der Waals surface area contributed by atoms with E-state index in [-0.39, 0.29) is 0 Å². The first kappa shape index (κ1) is 16.9. The van der Waals surface area contributed by atoms with Crippen molar-refractivity contribution >= 4 is 23.5 Å². The molecule has 0 aliphatic carbocycles. The maximum Gasteiger partial charge on any atom is 0.0342 e. The fourth-order valence-electron chi connectivity index (χ4n) is 2.37. The Labute approximate surface area is 153 Å². The van der Waals surface area contributed by atoms with Crippen molar-refractivity contribution in [2.45, 2.75) is 0 Å². The van der Waals surface area contributed by atoms with Gasteiger partial charge in [-0.25, -0.2) is 0 Å². The Kier molecular flexibility index (Phi) is 6.38. The molecule has 0 fully saturated rings. The van der Waals surface area contributed by atoms with E-state index in [0.29, 0.717) is 0 Å². The van der Waals surface area contributed by atoms with Crippen LogP contribution in [0.25, 0.3) is 22.6 Å². The molecule has 122 valence electrons. The lowest BCUT2D eigenvalue weighted by atomic mass is 10.1. The zero-order valence-electron chi connectivity index (χ0n) is 14.0. The van der Waals surface area contributed by atoms with E-state index in [1.165, 1.54) is 21.6 Å². The molecule has 3 aromatic carbocycles. The summed E-state index contributed by atoms with van der Waals surface area (Å²) in [6.45, 7) is 0. The van der Waals surface area contributed by atoms with Crippen molar-refractivity contribution in [3.8, 4) is 10.4 Å². The van der Waals surface area contributed by atoms with Crippen LogP contribution in [0.1, 0.15) is 11.1 Å². The smallest absolute Gasteiger partial charge is 0.0342 e. The van der Waals surface area contributed by atoms with Gasteiger partial charge in [0.2, 0.25) is 0 Å². The molecule has 25 heavy (non-hydrogen) atoms. The van der Waals surface area contributed by atoms with Crippen LogP contribution in [-0.4, -0.2) is 0 Å². The summed E-state index contributed by atoms with van der Waals surface area (Å²) in [4.78, 5) is 1.34. The monoisotopic (exact) mass is 340 g/mol. The minimum atomic E-state index is 1.23. The first-order chi connectivity index (χ1) is 12.4. The predicted octanol–water partition coefficient (Wildman–Crippen LogP) is 7.27. The molecule has 1 aromatic heterocycles. The van der Waals surface area contributed by atoms with Crippen molar-refractivity contribution in [3.05, 3.63) is 120 Å². The zero-order valence-corrected chi connectivity index (χ0v) is 14.8. The Morgan fingerprint density at radius 2 is 0.960 bits per heavy atom. The van der Waals surface area contributed by atoms with Crippen LogP contribution in [0.15, 0.2) is 109 Å². The molecule has 0 aliphatic heterocycles. The van der Waals surface area contributed by atoms with Crippen molar-refractivity contribution in [2.75, 3.05) is 0 Å². The Morgan fingerprint density at radius 3 is 1.40 bits per heavy atom. The summed E-state index contributed by atoms with van der Waals surface area (Å²) in [5.74, 6) is 0. The van der Waals surface area contributed by atoms with Crippen LogP contribution in [-0.2, 0) is 0 Å². The van der Waals surface area contributed by atoms with Gasteiger partial charge in [-0.15, -0.1) is 11.3 Å². The van der Waals surface area contributed by atoms with Crippen molar-refractivity contribution in [1.29, 1.82) is 0 Å². The van der Waals surface area contributed by atoms with Gasteiger partial charge in [0.15, 0.2) is 0 Å². The number of rotatable bonds is 3. The Bertz CT molecular complexity index is 820. The second-order valence-corrected chi connectivity index (χ2v) is 6.45. The average Bonchev–Trinajstić information content (AvgIpc) is 3.24. The van der Waals surface area contributed by atoms with Gasteiger partial charge >= 0.3 is 0 Å². The van der Waals surface area contributed by atoms with Crippen molar-refractivity contribution < 1.29 is 0 Å². The summed E-state index contributed by atoms with van der Waals surface area (Å²) in [7, 11) is 0. The Hall–Kier alpha value is -2.90. The zero-order chi connectivity index (χ0) is 17.2. The summed E-state index contributed by atoms with van der Waals surface area (Å²) >= 11 is 1.78. The molecule has 0 radical (unpaired) electrons. The van der Waals surface area contributed by atoms with E-state index in [1.54, 1.807) is 11.3 Å². The number of benzene rings is 3. The molecule has 4 rings (SSSR count). The molecule has 0 saturated carbocycles. The molecule has 0 N–H and O–H groups in total. The van der Waals surface area contributed by atoms with Crippen LogP contribution in [0.4, 0.5) is 0 Å². The molecule has 4 aromatic rings. The second-order valence-electron chi connectivity index (χ2n) is 5.50.